The second kappa shape index (κ2) is 5.38. The minimum Gasteiger partial charge on any atom is -0.460 e. The fraction of sp³-hybridized carbons (Fsp3) is 0.455. The molecule has 0 radical (unpaired) electrons. The van der Waals surface area contributed by atoms with Crippen LogP contribution in [-0.4, -0.2) is 46.4 Å². The molecule has 1 amide bonds. The van der Waals surface area contributed by atoms with Gasteiger partial charge >= 0.3 is 5.97 Å². The Kier molecular flexibility index (Phi) is 3.64. The van der Waals surface area contributed by atoms with E-state index in [2.05, 4.69) is 9.97 Å². The van der Waals surface area contributed by atoms with Crippen LogP contribution in [0.2, 0.25) is 0 Å². The first-order chi connectivity index (χ1) is 8.27. The molecule has 0 bridgehead atoms. The Balaban J connectivity index is 1.75. The molecule has 2 heterocycles. The van der Waals surface area contributed by atoms with Crippen LogP contribution in [0, 0.1) is 0 Å². The minimum atomic E-state index is -0.461. The monoisotopic (exact) mass is 235 g/mol. The van der Waals surface area contributed by atoms with Crippen molar-refractivity contribution in [2.45, 2.75) is 12.8 Å². The summed E-state index contributed by atoms with van der Waals surface area (Å²) in [5, 5.41) is 0. The van der Waals surface area contributed by atoms with Gasteiger partial charge in [-0.3, -0.25) is 4.79 Å². The lowest BCUT2D eigenvalue weighted by Crippen LogP contribution is -2.29. The topological polar surface area (TPSA) is 72.4 Å². The van der Waals surface area contributed by atoms with Gasteiger partial charge in [0, 0.05) is 25.4 Å². The zero-order chi connectivity index (χ0) is 12.1. The van der Waals surface area contributed by atoms with E-state index in [0.717, 1.165) is 13.0 Å². The number of likely N-dealkylation sites (tertiary alicyclic amines) is 1. The molecule has 0 N–H and O–H groups in total. The van der Waals surface area contributed by atoms with E-state index >= 15 is 0 Å². The molecule has 0 aromatic carbocycles. The first-order valence-electron chi connectivity index (χ1n) is 5.47. The van der Waals surface area contributed by atoms with E-state index in [-0.39, 0.29) is 12.5 Å². The number of ether oxygens (including phenoxy) is 1. The van der Waals surface area contributed by atoms with Crippen LogP contribution < -0.4 is 0 Å². The maximum Gasteiger partial charge on any atom is 0.341 e. The maximum atomic E-state index is 11.5. The smallest absolute Gasteiger partial charge is 0.341 e. The van der Waals surface area contributed by atoms with Crippen molar-refractivity contribution in [3.63, 3.8) is 0 Å². The van der Waals surface area contributed by atoms with Crippen LogP contribution >= 0.6 is 0 Å². The Morgan fingerprint density at radius 3 is 2.82 bits per heavy atom. The summed E-state index contributed by atoms with van der Waals surface area (Å²) < 4.78 is 5.03. The number of rotatable bonds is 4. The summed E-state index contributed by atoms with van der Waals surface area (Å²) in [5.74, 6) is -0.332. The molecule has 1 aromatic heterocycles. The molecular weight excluding hydrogens is 222 g/mol. The molecule has 17 heavy (non-hydrogen) atoms. The van der Waals surface area contributed by atoms with Gasteiger partial charge in [0.05, 0.1) is 12.1 Å². The van der Waals surface area contributed by atoms with Gasteiger partial charge in [-0.05, 0) is 6.42 Å². The molecule has 1 aliphatic rings. The summed E-state index contributed by atoms with van der Waals surface area (Å²) in [5.41, 5.74) is 0.320. The highest BCUT2D eigenvalue weighted by atomic mass is 16.5. The molecule has 0 spiro atoms. The molecule has 1 fully saturated rings. The van der Waals surface area contributed by atoms with E-state index in [1.54, 1.807) is 4.90 Å². The van der Waals surface area contributed by atoms with Crippen molar-refractivity contribution in [1.29, 1.82) is 0 Å². The van der Waals surface area contributed by atoms with Crippen LogP contribution in [-0.2, 0) is 9.53 Å². The Labute approximate surface area is 98.6 Å². The fourth-order valence-electron chi connectivity index (χ4n) is 1.68. The largest absolute Gasteiger partial charge is 0.460 e. The number of nitrogens with zero attached hydrogens (tertiary/aromatic N) is 3. The molecule has 6 heteroatoms. The molecule has 90 valence electrons. The van der Waals surface area contributed by atoms with Gasteiger partial charge in [0.25, 0.3) is 0 Å². The fourth-order valence-corrected chi connectivity index (χ4v) is 1.68. The summed E-state index contributed by atoms with van der Waals surface area (Å²) in [6.45, 7) is 1.42. The number of aromatic nitrogens is 2. The van der Waals surface area contributed by atoms with Gasteiger partial charge in [-0.2, -0.15) is 0 Å². The van der Waals surface area contributed by atoms with Gasteiger partial charge in [-0.15, -0.1) is 0 Å². The number of carbonyl (C=O) groups excluding carboxylic acids is 2. The molecule has 0 atom stereocenters. The molecule has 2 rings (SSSR count). The van der Waals surface area contributed by atoms with E-state index in [9.17, 15) is 9.59 Å². The average Bonchev–Trinajstić information content (AvgIpc) is 2.76. The van der Waals surface area contributed by atoms with E-state index in [0.29, 0.717) is 18.5 Å². The minimum absolute atomic E-state index is 0.129. The quantitative estimate of drug-likeness (QED) is 0.700. The van der Waals surface area contributed by atoms with Gasteiger partial charge in [-0.25, -0.2) is 14.8 Å². The van der Waals surface area contributed by atoms with Crippen LogP contribution in [0.5, 0.6) is 0 Å². The van der Waals surface area contributed by atoms with Crippen molar-refractivity contribution in [3.05, 3.63) is 24.3 Å². The molecule has 6 nitrogen and oxygen atoms in total. The van der Waals surface area contributed by atoms with Crippen LogP contribution in [0.15, 0.2) is 18.7 Å². The summed E-state index contributed by atoms with van der Waals surface area (Å²) in [6, 6.07) is 0. The van der Waals surface area contributed by atoms with Crippen molar-refractivity contribution in [2.75, 3.05) is 19.7 Å². The summed E-state index contributed by atoms with van der Waals surface area (Å²) in [4.78, 5) is 31.9. The van der Waals surface area contributed by atoms with E-state index in [1.807, 2.05) is 0 Å². The van der Waals surface area contributed by atoms with E-state index < -0.39 is 5.97 Å². The lowest BCUT2D eigenvalue weighted by atomic mass is 10.3. The Morgan fingerprint density at radius 1 is 1.41 bits per heavy atom. The summed E-state index contributed by atoms with van der Waals surface area (Å²) in [7, 11) is 0. The van der Waals surface area contributed by atoms with Crippen LogP contribution in [0.1, 0.15) is 23.2 Å². The van der Waals surface area contributed by atoms with Crippen molar-refractivity contribution in [2.24, 2.45) is 0 Å². The zero-order valence-corrected chi connectivity index (χ0v) is 9.33. The highest BCUT2D eigenvalue weighted by molar-refractivity contribution is 5.88. The average molecular weight is 235 g/mol. The predicted octanol–water partition coefficient (Wildman–Crippen LogP) is 0.256. The molecule has 0 aliphatic carbocycles. The summed E-state index contributed by atoms with van der Waals surface area (Å²) in [6.07, 6.45) is 5.63. The number of esters is 1. The third-order valence-electron chi connectivity index (χ3n) is 2.56. The number of amides is 1. The zero-order valence-electron chi connectivity index (χ0n) is 9.33. The second-order valence-corrected chi connectivity index (χ2v) is 3.75. The molecular formula is C11H13N3O3. The van der Waals surface area contributed by atoms with E-state index in [1.165, 1.54) is 18.7 Å². The lowest BCUT2D eigenvalue weighted by molar-refractivity contribution is -0.128. The van der Waals surface area contributed by atoms with Crippen molar-refractivity contribution in [3.8, 4) is 0 Å². The number of hydrogen-bond acceptors (Lipinski definition) is 5. The van der Waals surface area contributed by atoms with Gasteiger partial charge in [-0.1, -0.05) is 0 Å². The molecule has 1 aromatic rings. The molecule has 1 aliphatic heterocycles. The maximum absolute atomic E-state index is 11.5. The standard InChI is InChI=1S/C11H13N3O3/c15-10-2-1-3-14(10)4-5-17-11(16)9-6-12-8-13-7-9/h6-8H,1-5H2. The Bertz CT molecular complexity index is 408. The third kappa shape index (κ3) is 2.99. The SMILES string of the molecule is O=C(OCCN1CCCC1=O)c1cncnc1. The van der Waals surface area contributed by atoms with Gasteiger partial charge < -0.3 is 9.64 Å². The summed E-state index contributed by atoms with van der Waals surface area (Å²) >= 11 is 0. The lowest BCUT2D eigenvalue weighted by Gasteiger charge is -2.14. The van der Waals surface area contributed by atoms with Crippen LogP contribution in [0.3, 0.4) is 0 Å². The van der Waals surface area contributed by atoms with Crippen LogP contribution in [0.25, 0.3) is 0 Å². The van der Waals surface area contributed by atoms with Crippen molar-refractivity contribution < 1.29 is 14.3 Å². The number of carbonyl (C=O) groups is 2. The first-order valence-corrected chi connectivity index (χ1v) is 5.47. The second-order valence-electron chi connectivity index (χ2n) is 3.75. The normalized spacial score (nSPS) is 15.1. The van der Waals surface area contributed by atoms with Gasteiger partial charge in [0.1, 0.15) is 12.9 Å². The Morgan fingerprint density at radius 2 is 2.18 bits per heavy atom. The highest BCUT2D eigenvalue weighted by Crippen LogP contribution is 2.08. The van der Waals surface area contributed by atoms with E-state index in [4.69, 9.17) is 4.74 Å². The third-order valence-corrected chi connectivity index (χ3v) is 2.56. The molecule has 0 unspecified atom stereocenters. The molecule has 1 saturated heterocycles. The van der Waals surface area contributed by atoms with Gasteiger partial charge in [0.2, 0.25) is 5.91 Å². The molecule has 0 saturated carbocycles. The first kappa shape index (κ1) is 11.5. The highest BCUT2D eigenvalue weighted by Gasteiger charge is 2.19. The van der Waals surface area contributed by atoms with Crippen molar-refractivity contribution >= 4 is 11.9 Å². The predicted molar refractivity (Wildman–Crippen MR) is 58.1 cm³/mol. The van der Waals surface area contributed by atoms with Crippen LogP contribution in [0.4, 0.5) is 0 Å². The van der Waals surface area contributed by atoms with Crippen molar-refractivity contribution in [1.82, 2.24) is 14.9 Å². The Hall–Kier alpha value is -1.98. The van der Waals surface area contributed by atoms with Gasteiger partial charge in [0.15, 0.2) is 0 Å². The number of hydrogen-bond donors (Lipinski definition) is 0.